The van der Waals surface area contributed by atoms with Gasteiger partial charge < -0.3 is 0 Å². The molecule has 318 valence electrons. The van der Waals surface area contributed by atoms with E-state index in [0.29, 0.717) is 10.8 Å². The molecule has 14 rings (SSSR count). The van der Waals surface area contributed by atoms with Crippen LogP contribution in [0, 0.1) is 34.5 Å². The lowest BCUT2D eigenvalue weighted by molar-refractivity contribution is -0.213. The van der Waals surface area contributed by atoms with Crippen LogP contribution in [-0.4, -0.2) is 0 Å². The lowest BCUT2D eigenvalue weighted by Crippen LogP contribution is -2.67. The van der Waals surface area contributed by atoms with Gasteiger partial charge in [0.1, 0.15) is 0 Å². The SMILES string of the molecule is C(=C\c1cc(/C=C/c2ccccc2)cc(C23CC4CC(c5cc(/C=C/c6ccccc6)cc(/C=C/c6ccccc6)c5)(C2)CC(C25CC6CC(CC(C6)C2)C5)(C4)C3)c1)/c1ccccc1. The van der Waals surface area contributed by atoms with E-state index in [-0.39, 0.29) is 10.8 Å². The van der Waals surface area contributed by atoms with E-state index in [1.165, 1.54) is 122 Å². The Kier molecular flexibility index (Phi) is 10.00. The van der Waals surface area contributed by atoms with Gasteiger partial charge in [-0.1, -0.05) is 194 Å². The molecular weight excluding hydrogens is 769 g/mol. The zero-order valence-electron chi connectivity index (χ0n) is 37.4. The maximum Gasteiger partial charge on any atom is -0.00299 e. The molecule has 0 saturated heterocycles. The smallest absolute Gasteiger partial charge is 0.00299 e. The van der Waals surface area contributed by atoms with Crippen LogP contribution in [0.2, 0.25) is 0 Å². The molecular formula is C64H62. The summed E-state index contributed by atoms with van der Waals surface area (Å²) in [5.41, 5.74) is 14.6. The van der Waals surface area contributed by atoms with Crippen LogP contribution in [0.25, 0.3) is 48.6 Å². The van der Waals surface area contributed by atoms with E-state index < -0.39 is 0 Å². The average molecular weight is 831 g/mol. The molecule has 8 fully saturated rings. The molecule has 0 heterocycles. The maximum absolute atomic E-state index is 2.64. The van der Waals surface area contributed by atoms with Gasteiger partial charge in [-0.3, -0.25) is 0 Å². The van der Waals surface area contributed by atoms with Gasteiger partial charge in [0, 0.05) is 0 Å². The molecule has 0 aromatic heterocycles. The van der Waals surface area contributed by atoms with Crippen molar-refractivity contribution in [2.75, 3.05) is 0 Å². The van der Waals surface area contributed by atoms with Crippen molar-refractivity contribution in [3.05, 3.63) is 213 Å². The summed E-state index contributed by atoms with van der Waals surface area (Å²) in [4.78, 5) is 0. The molecule has 6 aromatic rings. The zero-order valence-corrected chi connectivity index (χ0v) is 37.4. The molecule has 0 amide bonds. The number of rotatable bonds is 11. The Morgan fingerprint density at radius 3 is 0.906 bits per heavy atom. The second-order valence-corrected chi connectivity index (χ2v) is 21.8. The third-order valence-corrected chi connectivity index (χ3v) is 17.5. The normalized spacial score (nSPS) is 31.3. The first kappa shape index (κ1) is 39.8. The van der Waals surface area contributed by atoms with Crippen molar-refractivity contribution in [1.29, 1.82) is 0 Å². The molecule has 0 nitrogen and oxygen atoms in total. The van der Waals surface area contributed by atoms with Crippen LogP contribution in [0.15, 0.2) is 158 Å². The van der Waals surface area contributed by atoms with Crippen molar-refractivity contribution >= 4 is 48.6 Å². The predicted molar refractivity (Wildman–Crippen MR) is 272 cm³/mol. The lowest BCUT2D eigenvalue weighted by Gasteiger charge is -2.75. The number of hydrogen-bond acceptors (Lipinski definition) is 0. The summed E-state index contributed by atoms with van der Waals surface area (Å²) in [6.07, 6.45) is 35.9. The molecule has 0 N–H and O–H groups in total. The van der Waals surface area contributed by atoms with Gasteiger partial charge in [0.05, 0.1) is 0 Å². The minimum Gasteiger partial charge on any atom is -0.0622 e. The fraction of sp³-hybridized carbons (Fsp3) is 0.312. The first-order chi connectivity index (χ1) is 31.4. The molecule has 2 unspecified atom stereocenters. The fourth-order valence-electron chi connectivity index (χ4n) is 15.8. The minimum atomic E-state index is 0.130. The van der Waals surface area contributed by atoms with Gasteiger partial charge in [-0.2, -0.15) is 0 Å². The summed E-state index contributed by atoms with van der Waals surface area (Å²) >= 11 is 0. The Hall–Kier alpha value is -5.72. The van der Waals surface area contributed by atoms with Gasteiger partial charge in [-0.15, -0.1) is 0 Å². The highest BCUT2D eigenvalue weighted by molar-refractivity contribution is 5.77. The lowest BCUT2D eigenvalue weighted by atomic mass is 9.29. The van der Waals surface area contributed by atoms with E-state index in [9.17, 15) is 0 Å². The summed E-state index contributed by atoms with van der Waals surface area (Å²) in [6, 6.07) is 58.9. The van der Waals surface area contributed by atoms with Crippen molar-refractivity contribution in [3.63, 3.8) is 0 Å². The van der Waals surface area contributed by atoms with Crippen LogP contribution in [-0.2, 0) is 10.8 Å². The van der Waals surface area contributed by atoms with E-state index in [2.05, 4.69) is 206 Å². The summed E-state index contributed by atoms with van der Waals surface area (Å²) in [7, 11) is 0. The molecule has 6 aromatic carbocycles. The van der Waals surface area contributed by atoms with Crippen LogP contribution in [0.5, 0.6) is 0 Å². The van der Waals surface area contributed by atoms with Gasteiger partial charge in [-0.25, -0.2) is 0 Å². The molecule has 8 bridgehead atoms. The first-order valence-corrected chi connectivity index (χ1v) is 24.6. The topological polar surface area (TPSA) is 0 Å². The van der Waals surface area contributed by atoms with E-state index in [0.717, 1.165) is 23.7 Å². The Balaban J connectivity index is 1.02. The van der Waals surface area contributed by atoms with Gasteiger partial charge in [-0.05, 0) is 190 Å². The quantitative estimate of drug-likeness (QED) is 0.114. The molecule has 8 aliphatic rings. The van der Waals surface area contributed by atoms with Crippen molar-refractivity contribution in [2.24, 2.45) is 34.5 Å². The highest BCUT2D eigenvalue weighted by atomic mass is 14.7. The number of hydrogen-bond donors (Lipinski definition) is 0. The summed E-state index contributed by atoms with van der Waals surface area (Å²) < 4.78 is 0. The minimum absolute atomic E-state index is 0.130. The maximum atomic E-state index is 2.64. The van der Waals surface area contributed by atoms with Crippen molar-refractivity contribution in [2.45, 2.75) is 87.9 Å². The van der Waals surface area contributed by atoms with Crippen LogP contribution in [0.4, 0.5) is 0 Å². The molecule has 64 heavy (non-hydrogen) atoms. The highest BCUT2D eigenvalue weighted by Gasteiger charge is 2.71. The standard InChI is InChI=1S/C64H62/c1-5-13-47(14-6-1)21-25-51-29-52(26-22-48-15-7-2-8-16-48)35-59(34-51)61-38-58-39-62(44-61,46-64(43-58,45-61)63-40-55-31-56(41-63)33-57(32-55)42-63)60-36-53(27-23-49-17-9-3-10-18-49)30-54(37-60)28-24-50-19-11-4-12-20-50/h1-30,34-37,55-58H,31-33,38-46H2/b25-21+,26-22+,27-23+,28-24+. The van der Waals surface area contributed by atoms with Gasteiger partial charge >= 0.3 is 0 Å². The molecule has 2 atom stereocenters. The third kappa shape index (κ3) is 7.51. The van der Waals surface area contributed by atoms with Crippen molar-refractivity contribution < 1.29 is 0 Å². The number of benzene rings is 6. The van der Waals surface area contributed by atoms with E-state index in [1.807, 2.05) is 0 Å². The monoisotopic (exact) mass is 830 g/mol. The van der Waals surface area contributed by atoms with Crippen molar-refractivity contribution in [1.82, 2.24) is 0 Å². The Morgan fingerprint density at radius 1 is 0.281 bits per heavy atom. The van der Waals surface area contributed by atoms with Crippen LogP contribution in [0.1, 0.15) is 133 Å². The first-order valence-electron chi connectivity index (χ1n) is 24.6. The highest BCUT2D eigenvalue weighted by Crippen LogP contribution is 2.79. The van der Waals surface area contributed by atoms with Crippen LogP contribution in [0.3, 0.4) is 0 Å². The summed E-state index contributed by atoms with van der Waals surface area (Å²) in [5, 5.41) is 0. The Morgan fingerprint density at radius 2 is 0.578 bits per heavy atom. The molecule has 0 heteroatoms. The van der Waals surface area contributed by atoms with E-state index in [1.54, 1.807) is 11.1 Å². The predicted octanol–water partition coefficient (Wildman–Crippen LogP) is 16.7. The third-order valence-electron chi connectivity index (χ3n) is 17.5. The van der Waals surface area contributed by atoms with Gasteiger partial charge in [0.25, 0.3) is 0 Å². The van der Waals surface area contributed by atoms with Crippen LogP contribution < -0.4 is 0 Å². The molecule has 0 aliphatic heterocycles. The van der Waals surface area contributed by atoms with Crippen LogP contribution >= 0.6 is 0 Å². The molecule has 8 saturated carbocycles. The Labute approximate surface area is 382 Å². The summed E-state index contributed by atoms with van der Waals surface area (Å²) in [6.45, 7) is 0. The second kappa shape index (κ2) is 16.1. The van der Waals surface area contributed by atoms with Gasteiger partial charge in [0.15, 0.2) is 0 Å². The average Bonchev–Trinajstić information content (AvgIpc) is 3.32. The van der Waals surface area contributed by atoms with E-state index in [4.69, 9.17) is 0 Å². The second-order valence-electron chi connectivity index (χ2n) is 21.8. The fourth-order valence-corrected chi connectivity index (χ4v) is 15.8. The summed E-state index contributed by atoms with van der Waals surface area (Å²) in [5.74, 6) is 3.60. The molecule has 0 spiro atoms. The van der Waals surface area contributed by atoms with E-state index >= 15 is 0 Å². The zero-order chi connectivity index (χ0) is 42.6. The Bertz CT molecular complexity index is 2410. The van der Waals surface area contributed by atoms with Gasteiger partial charge in [0.2, 0.25) is 0 Å². The molecule has 0 radical (unpaired) electrons. The largest absolute Gasteiger partial charge is 0.0622 e. The van der Waals surface area contributed by atoms with Crippen molar-refractivity contribution in [3.8, 4) is 0 Å². The molecule has 8 aliphatic carbocycles.